The van der Waals surface area contributed by atoms with Gasteiger partial charge in [0.2, 0.25) is 21.8 Å². The number of nitrogens with one attached hydrogen (secondary N) is 4. The lowest BCUT2D eigenvalue weighted by Gasteiger charge is -2.38. The summed E-state index contributed by atoms with van der Waals surface area (Å²) in [5.41, 5.74) is -0.160. The second kappa shape index (κ2) is 11.5. The average Bonchev–Trinajstić information content (AvgIpc) is 3.70. The molecule has 1 spiro atoms. The molecule has 238 valence electrons. The number of fused-ring (bicyclic) bond motifs is 2. The number of benzene rings is 2. The van der Waals surface area contributed by atoms with Crippen LogP contribution in [0.15, 0.2) is 36.4 Å². The van der Waals surface area contributed by atoms with E-state index in [-0.39, 0.29) is 45.1 Å². The summed E-state index contributed by atoms with van der Waals surface area (Å²) in [7, 11) is -3.29. The summed E-state index contributed by atoms with van der Waals surface area (Å²) in [5.74, 6) is -2.23. The standard InChI is InChI=1S/C32H39Cl2FN4O4S/c1-31(2,3)16-25-32(22-14-7-17(33)15-24(22)37-30(32)41)26(21-5-4-6-23(34)27(21)35)28(38-25)29(40)36-18-8-10-19(11-9-18)39-44(42,43)20-12-13-20/h4-7,14-15,18-20,25-26,28,38-39H,8-13,16H2,1-3H3,(H,36,40)(H,37,41)/t18?,19?,25-,26+,28-,32+/m1/s1. The second-order valence-corrected chi connectivity index (χ2v) is 16.9. The lowest BCUT2D eigenvalue weighted by atomic mass is 9.62. The van der Waals surface area contributed by atoms with E-state index in [1.54, 1.807) is 30.3 Å². The van der Waals surface area contributed by atoms with Crippen molar-refractivity contribution in [3.63, 3.8) is 0 Å². The van der Waals surface area contributed by atoms with Crippen molar-refractivity contribution in [2.24, 2.45) is 5.41 Å². The van der Waals surface area contributed by atoms with Gasteiger partial charge in [0.05, 0.1) is 16.3 Å². The number of anilines is 1. The van der Waals surface area contributed by atoms with Gasteiger partial charge in [-0.25, -0.2) is 17.5 Å². The molecule has 4 atom stereocenters. The molecule has 0 unspecified atom stereocenters. The van der Waals surface area contributed by atoms with Gasteiger partial charge in [-0.15, -0.1) is 0 Å². The summed E-state index contributed by atoms with van der Waals surface area (Å²) in [6.07, 6.45) is 4.35. The van der Waals surface area contributed by atoms with E-state index in [0.29, 0.717) is 61.2 Å². The Kier molecular flexibility index (Phi) is 8.31. The fraction of sp³-hybridized carbons (Fsp3) is 0.562. The van der Waals surface area contributed by atoms with Crippen LogP contribution in [-0.4, -0.2) is 49.6 Å². The maximum absolute atomic E-state index is 16.0. The number of carbonyl (C=O) groups is 2. The van der Waals surface area contributed by atoms with Crippen molar-refractivity contribution >= 4 is 50.7 Å². The van der Waals surface area contributed by atoms with Gasteiger partial charge in [0, 0.05) is 34.8 Å². The predicted molar refractivity (Wildman–Crippen MR) is 170 cm³/mol. The number of halogens is 3. The molecule has 2 amide bonds. The Morgan fingerprint density at radius 2 is 1.73 bits per heavy atom. The molecule has 4 N–H and O–H groups in total. The van der Waals surface area contributed by atoms with Gasteiger partial charge < -0.3 is 16.0 Å². The Morgan fingerprint density at radius 1 is 1.05 bits per heavy atom. The zero-order valence-corrected chi connectivity index (χ0v) is 27.4. The molecule has 44 heavy (non-hydrogen) atoms. The van der Waals surface area contributed by atoms with E-state index in [1.165, 1.54) is 6.07 Å². The molecule has 2 aliphatic heterocycles. The smallest absolute Gasteiger partial charge is 0.238 e. The molecule has 12 heteroatoms. The van der Waals surface area contributed by atoms with Crippen molar-refractivity contribution < 1.29 is 22.4 Å². The molecule has 2 saturated carbocycles. The summed E-state index contributed by atoms with van der Waals surface area (Å²) in [6.45, 7) is 6.20. The third-order valence-corrected chi connectivity index (χ3v) is 12.1. The molecule has 2 aromatic carbocycles. The number of hydrogen-bond acceptors (Lipinski definition) is 5. The van der Waals surface area contributed by atoms with Gasteiger partial charge in [-0.2, -0.15) is 0 Å². The molecular formula is C32H39Cl2FN4O4S. The Balaban J connectivity index is 1.34. The molecule has 8 nitrogen and oxygen atoms in total. The van der Waals surface area contributed by atoms with Crippen LogP contribution < -0.4 is 20.7 Å². The molecule has 0 radical (unpaired) electrons. The Bertz CT molecular complexity index is 1590. The normalized spacial score (nSPS) is 30.3. The van der Waals surface area contributed by atoms with Gasteiger partial charge in [0.15, 0.2) is 0 Å². The number of sulfonamides is 1. The van der Waals surface area contributed by atoms with Crippen LogP contribution in [0.4, 0.5) is 10.1 Å². The van der Waals surface area contributed by atoms with Crippen LogP contribution >= 0.6 is 23.2 Å². The van der Waals surface area contributed by atoms with Crippen LogP contribution in [0.3, 0.4) is 0 Å². The second-order valence-electron chi connectivity index (χ2n) is 14.0. The first kappa shape index (κ1) is 31.7. The zero-order valence-electron chi connectivity index (χ0n) is 25.1. The quantitative estimate of drug-likeness (QED) is 0.317. The third-order valence-electron chi connectivity index (χ3n) is 9.59. The number of amides is 2. The van der Waals surface area contributed by atoms with Crippen molar-refractivity contribution in [2.45, 2.75) is 106 Å². The summed E-state index contributed by atoms with van der Waals surface area (Å²) >= 11 is 12.6. The zero-order chi connectivity index (χ0) is 31.6. The topological polar surface area (TPSA) is 116 Å². The SMILES string of the molecule is CC(C)(C)C[C@H]1N[C@@H](C(=O)NC2CCC(NS(=O)(=O)C3CC3)CC2)[C@H](c2cccc(Cl)c2F)[C@@]12C(=O)Nc1cc(Cl)ccc12. The number of hydrogen-bond donors (Lipinski definition) is 4. The number of carbonyl (C=O) groups excluding carboxylic acids is 2. The third kappa shape index (κ3) is 5.77. The highest BCUT2D eigenvalue weighted by molar-refractivity contribution is 7.90. The Hall–Kier alpha value is -2.24. The molecule has 2 aliphatic carbocycles. The molecule has 0 bridgehead atoms. The van der Waals surface area contributed by atoms with E-state index < -0.39 is 39.3 Å². The van der Waals surface area contributed by atoms with E-state index in [4.69, 9.17) is 23.2 Å². The summed E-state index contributed by atoms with van der Waals surface area (Å²) < 4.78 is 43.7. The lowest BCUT2D eigenvalue weighted by molar-refractivity contribution is -0.124. The average molecular weight is 666 g/mol. The van der Waals surface area contributed by atoms with Crippen molar-refractivity contribution in [1.82, 2.24) is 15.4 Å². The van der Waals surface area contributed by atoms with Crippen LogP contribution in [0, 0.1) is 11.2 Å². The first-order chi connectivity index (χ1) is 20.7. The van der Waals surface area contributed by atoms with Crippen LogP contribution in [0.2, 0.25) is 10.0 Å². The summed E-state index contributed by atoms with van der Waals surface area (Å²) in [6, 6.07) is 8.09. The minimum atomic E-state index is -3.29. The van der Waals surface area contributed by atoms with Crippen molar-refractivity contribution in [2.75, 3.05) is 5.32 Å². The number of rotatable bonds is 7. The maximum Gasteiger partial charge on any atom is 0.238 e. The van der Waals surface area contributed by atoms with Gasteiger partial charge in [0.25, 0.3) is 0 Å². The first-order valence-electron chi connectivity index (χ1n) is 15.3. The van der Waals surface area contributed by atoms with Gasteiger partial charge in [-0.1, -0.05) is 62.2 Å². The van der Waals surface area contributed by atoms with E-state index in [9.17, 15) is 18.0 Å². The highest BCUT2D eigenvalue weighted by Gasteiger charge is 2.66. The molecule has 0 aromatic heterocycles. The maximum atomic E-state index is 16.0. The molecule has 6 rings (SSSR count). The Morgan fingerprint density at radius 3 is 2.39 bits per heavy atom. The largest absolute Gasteiger partial charge is 0.352 e. The van der Waals surface area contributed by atoms with Crippen molar-refractivity contribution in [3.05, 3.63) is 63.4 Å². The van der Waals surface area contributed by atoms with E-state index >= 15 is 4.39 Å². The summed E-state index contributed by atoms with van der Waals surface area (Å²) in [5, 5.41) is 9.75. The molecule has 2 heterocycles. The predicted octanol–water partition coefficient (Wildman–Crippen LogP) is 5.39. The fourth-order valence-electron chi connectivity index (χ4n) is 7.51. The van der Waals surface area contributed by atoms with Crippen molar-refractivity contribution in [1.29, 1.82) is 0 Å². The molecule has 4 aliphatic rings. The van der Waals surface area contributed by atoms with Gasteiger partial charge in [0.1, 0.15) is 11.2 Å². The molecule has 2 aromatic rings. The van der Waals surface area contributed by atoms with Crippen LogP contribution in [0.5, 0.6) is 0 Å². The van der Waals surface area contributed by atoms with E-state index in [1.807, 2.05) is 0 Å². The van der Waals surface area contributed by atoms with Gasteiger partial charge >= 0.3 is 0 Å². The van der Waals surface area contributed by atoms with Crippen LogP contribution in [0.1, 0.15) is 82.8 Å². The molecule has 3 fully saturated rings. The van der Waals surface area contributed by atoms with Crippen molar-refractivity contribution in [3.8, 4) is 0 Å². The first-order valence-corrected chi connectivity index (χ1v) is 17.6. The summed E-state index contributed by atoms with van der Waals surface area (Å²) in [4.78, 5) is 28.5. The highest BCUT2D eigenvalue weighted by Crippen LogP contribution is 2.57. The molecular weight excluding hydrogens is 626 g/mol. The Labute approximate surface area is 268 Å². The minimum Gasteiger partial charge on any atom is -0.352 e. The van der Waals surface area contributed by atoms with Crippen LogP contribution in [-0.2, 0) is 25.0 Å². The van der Waals surface area contributed by atoms with E-state index in [0.717, 1.165) is 0 Å². The lowest BCUT2D eigenvalue weighted by Crippen LogP contribution is -2.51. The monoisotopic (exact) mass is 664 g/mol. The van der Waals surface area contributed by atoms with Gasteiger partial charge in [-0.3, -0.25) is 9.59 Å². The van der Waals surface area contributed by atoms with Gasteiger partial charge in [-0.05, 0) is 79.7 Å². The van der Waals surface area contributed by atoms with Crippen LogP contribution in [0.25, 0.3) is 0 Å². The minimum absolute atomic E-state index is 0.0854. The highest BCUT2D eigenvalue weighted by atomic mass is 35.5. The fourth-order valence-corrected chi connectivity index (χ4v) is 9.51. The molecule has 1 saturated heterocycles. The van der Waals surface area contributed by atoms with E-state index in [2.05, 4.69) is 41.4 Å².